The number of rotatable bonds is 2. The number of hydrogen-bond donors (Lipinski definition) is 0. The molecule has 0 aliphatic carbocycles. The van der Waals surface area contributed by atoms with Crippen LogP contribution in [0.5, 0.6) is 0 Å². The molecule has 15 heavy (non-hydrogen) atoms. The van der Waals surface area contributed by atoms with E-state index in [1.54, 1.807) is 0 Å². The van der Waals surface area contributed by atoms with Crippen molar-refractivity contribution in [2.75, 3.05) is 0 Å². The predicted molar refractivity (Wildman–Crippen MR) is 44.1 cm³/mol. The summed E-state index contributed by atoms with van der Waals surface area (Å²) >= 11 is 0. The van der Waals surface area contributed by atoms with Gasteiger partial charge >= 0.3 is 12.4 Å². The Morgan fingerprint density at radius 3 is 1.73 bits per heavy atom. The van der Waals surface area contributed by atoms with Gasteiger partial charge < -0.3 is 0 Å². The second-order valence-corrected chi connectivity index (χ2v) is 2.62. The van der Waals surface area contributed by atoms with Crippen LogP contribution in [0.15, 0.2) is 36.0 Å². The average Bonchev–Trinajstić information content (AvgIpc) is 1.99. The quantitative estimate of drug-likeness (QED) is 0.493. The van der Waals surface area contributed by atoms with Crippen molar-refractivity contribution < 1.29 is 26.3 Å². The van der Waals surface area contributed by atoms with Gasteiger partial charge in [-0.1, -0.05) is 18.7 Å². The summed E-state index contributed by atoms with van der Waals surface area (Å²) in [5.74, 6) is 0. The lowest BCUT2D eigenvalue weighted by atomic mass is 10.1. The van der Waals surface area contributed by atoms with E-state index in [-0.39, 0.29) is 6.08 Å². The van der Waals surface area contributed by atoms with E-state index in [4.69, 9.17) is 0 Å². The molecule has 0 nitrogen and oxygen atoms in total. The molecule has 0 unspecified atom stereocenters. The minimum absolute atomic E-state index is 0.0278. The summed E-state index contributed by atoms with van der Waals surface area (Å²) in [6, 6.07) is 0. The van der Waals surface area contributed by atoms with Crippen LogP contribution in [0.4, 0.5) is 26.3 Å². The smallest absolute Gasteiger partial charge is 0.166 e. The number of allylic oxidation sites excluding steroid dienone is 5. The Morgan fingerprint density at radius 2 is 1.47 bits per heavy atom. The van der Waals surface area contributed by atoms with Gasteiger partial charge in [0.25, 0.3) is 0 Å². The molecule has 0 aliphatic heterocycles. The van der Waals surface area contributed by atoms with Crippen LogP contribution in [-0.4, -0.2) is 12.4 Å². The standard InChI is InChI=1S/C9H8F6/c1-3-4-7(9(13,14)15)5-6(2)8(10,11)12/h3-5H,2H2,1H3/b4-3-,7-5+. The van der Waals surface area contributed by atoms with Crippen LogP contribution in [-0.2, 0) is 0 Å². The van der Waals surface area contributed by atoms with Crippen molar-refractivity contribution in [2.45, 2.75) is 19.3 Å². The SMILES string of the molecule is C=C(/C=C(\C=C/C)C(F)(F)F)C(F)(F)F. The third-order valence-electron chi connectivity index (χ3n) is 1.37. The Labute approximate surface area is 82.6 Å². The van der Waals surface area contributed by atoms with Crippen molar-refractivity contribution in [3.05, 3.63) is 36.0 Å². The molecule has 86 valence electrons. The minimum Gasteiger partial charge on any atom is -0.166 e. The maximum Gasteiger partial charge on any atom is 0.416 e. The van der Waals surface area contributed by atoms with E-state index in [2.05, 4.69) is 6.58 Å². The van der Waals surface area contributed by atoms with Crippen LogP contribution in [0.25, 0.3) is 0 Å². The monoisotopic (exact) mass is 230 g/mol. The average molecular weight is 230 g/mol. The van der Waals surface area contributed by atoms with Gasteiger partial charge in [-0.3, -0.25) is 0 Å². The Balaban J connectivity index is 5.12. The minimum atomic E-state index is -4.85. The highest BCUT2D eigenvalue weighted by Gasteiger charge is 2.36. The first-order valence-corrected chi connectivity index (χ1v) is 3.76. The van der Waals surface area contributed by atoms with Crippen molar-refractivity contribution >= 4 is 0 Å². The van der Waals surface area contributed by atoms with E-state index >= 15 is 0 Å². The first-order valence-electron chi connectivity index (χ1n) is 3.76. The van der Waals surface area contributed by atoms with E-state index in [1.165, 1.54) is 6.92 Å². The highest BCUT2D eigenvalue weighted by atomic mass is 19.4. The van der Waals surface area contributed by atoms with Gasteiger partial charge in [0.05, 0.1) is 5.57 Å². The van der Waals surface area contributed by atoms with Crippen molar-refractivity contribution in [3.8, 4) is 0 Å². The van der Waals surface area contributed by atoms with Crippen LogP contribution in [0.1, 0.15) is 6.92 Å². The third-order valence-corrected chi connectivity index (χ3v) is 1.37. The molecule has 0 fully saturated rings. The summed E-state index contributed by atoms with van der Waals surface area (Å²) in [6.45, 7) is 3.80. The van der Waals surface area contributed by atoms with Gasteiger partial charge in [0, 0.05) is 5.57 Å². The van der Waals surface area contributed by atoms with Crippen molar-refractivity contribution in [2.24, 2.45) is 0 Å². The van der Waals surface area contributed by atoms with E-state index in [0.29, 0.717) is 6.08 Å². The normalized spacial score (nSPS) is 14.7. The highest BCUT2D eigenvalue weighted by molar-refractivity contribution is 5.33. The lowest BCUT2D eigenvalue weighted by Crippen LogP contribution is -2.14. The first kappa shape index (κ1) is 13.8. The van der Waals surface area contributed by atoms with Crippen LogP contribution in [0.3, 0.4) is 0 Å². The Morgan fingerprint density at radius 1 is 1.00 bits per heavy atom. The lowest BCUT2D eigenvalue weighted by Gasteiger charge is -2.10. The molecule has 0 rings (SSSR count). The first-order chi connectivity index (χ1) is 6.59. The van der Waals surface area contributed by atoms with E-state index in [1.807, 2.05) is 0 Å². The van der Waals surface area contributed by atoms with Gasteiger partial charge in [0.1, 0.15) is 0 Å². The Hall–Kier alpha value is -1.20. The Kier molecular flexibility index (Phi) is 4.18. The molecule has 0 aromatic rings. The summed E-state index contributed by atoms with van der Waals surface area (Å²) < 4.78 is 72.1. The maximum absolute atomic E-state index is 12.1. The van der Waals surface area contributed by atoms with Crippen LogP contribution >= 0.6 is 0 Å². The fourth-order valence-corrected chi connectivity index (χ4v) is 0.674. The molecular formula is C9H8F6. The van der Waals surface area contributed by atoms with Gasteiger partial charge in [0.15, 0.2) is 0 Å². The van der Waals surface area contributed by atoms with E-state index in [0.717, 1.165) is 6.08 Å². The number of alkyl halides is 6. The fourth-order valence-electron chi connectivity index (χ4n) is 0.674. The molecule has 0 amide bonds. The molecule has 0 aliphatic rings. The van der Waals surface area contributed by atoms with E-state index < -0.39 is 23.5 Å². The van der Waals surface area contributed by atoms with Crippen molar-refractivity contribution in [1.29, 1.82) is 0 Å². The summed E-state index contributed by atoms with van der Waals surface area (Å²) in [5, 5.41) is 0. The number of hydrogen-bond acceptors (Lipinski definition) is 0. The molecule has 0 aromatic heterocycles. The summed E-state index contributed by atoms with van der Waals surface area (Å²) in [6.07, 6.45) is -8.14. The van der Waals surface area contributed by atoms with Crippen LogP contribution in [0.2, 0.25) is 0 Å². The van der Waals surface area contributed by atoms with Crippen LogP contribution in [0, 0.1) is 0 Å². The Bertz CT molecular complexity index is 289. The zero-order valence-electron chi connectivity index (χ0n) is 7.71. The predicted octanol–water partition coefficient (Wildman–Crippen LogP) is 4.17. The molecule has 0 bridgehead atoms. The topological polar surface area (TPSA) is 0 Å². The van der Waals surface area contributed by atoms with Gasteiger partial charge in [0.2, 0.25) is 0 Å². The molecule has 0 N–H and O–H groups in total. The molecule has 0 saturated heterocycles. The maximum atomic E-state index is 12.1. The van der Waals surface area contributed by atoms with Gasteiger partial charge in [-0.15, -0.1) is 0 Å². The molecule has 0 heterocycles. The molecule has 0 spiro atoms. The molecule has 0 atom stereocenters. The summed E-state index contributed by atoms with van der Waals surface area (Å²) in [7, 11) is 0. The molecule has 0 aromatic carbocycles. The highest BCUT2D eigenvalue weighted by Crippen LogP contribution is 2.32. The van der Waals surface area contributed by atoms with Crippen LogP contribution < -0.4 is 0 Å². The van der Waals surface area contributed by atoms with Crippen molar-refractivity contribution in [1.82, 2.24) is 0 Å². The zero-order chi connectivity index (χ0) is 12.3. The fraction of sp³-hybridized carbons (Fsp3) is 0.333. The zero-order valence-corrected chi connectivity index (χ0v) is 7.71. The molecule has 0 saturated carbocycles. The van der Waals surface area contributed by atoms with Gasteiger partial charge in [-0.05, 0) is 13.0 Å². The third kappa shape index (κ3) is 4.71. The second kappa shape index (κ2) is 4.55. The van der Waals surface area contributed by atoms with Crippen molar-refractivity contribution in [3.63, 3.8) is 0 Å². The second-order valence-electron chi connectivity index (χ2n) is 2.62. The molecular weight excluding hydrogens is 222 g/mol. The summed E-state index contributed by atoms with van der Waals surface area (Å²) in [5.41, 5.74) is -2.92. The largest absolute Gasteiger partial charge is 0.416 e. The van der Waals surface area contributed by atoms with E-state index in [9.17, 15) is 26.3 Å². The van der Waals surface area contributed by atoms with Gasteiger partial charge in [-0.25, -0.2) is 0 Å². The van der Waals surface area contributed by atoms with Gasteiger partial charge in [-0.2, -0.15) is 26.3 Å². The summed E-state index contributed by atoms with van der Waals surface area (Å²) in [4.78, 5) is 0. The molecule has 0 radical (unpaired) electrons. The number of halogens is 6. The lowest BCUT2D eigenvalue weighted by molar-refractivity contribution is -0.0931. The molecule has 6 heteroatoms.